The van der Waals surface area contributed by atoms with Gasteiger partial charge in [0.05, 0.1) is 6.54 Å². The van der Waals surface area contributed by atoms with Crippen molar-refractivity contribution >= 4 is 5.91 Å². The molecule has 2 bridgehead atoms. The predicted molar refractivity (Wildman–Crippen MR) is 85.3 cm³/mol. The van der Waals surface area contributed by atoms with Gasteiger partial charge in [0.1, 0.15) is 0 Å². The number of amides is 1. The molecule has 4 heteroatoms. The fourth-order valence-corrected chi connectivity index (χ4v) is 4.45. The molecule has 1 amide bonds. The summed E-state index contributed by atoms with van der Waals surface area (Å²) >= 11 is 0. The van der Waals surface area contributed by atoms with Gasteiger partial charge in [-0.3, -0.25) is 4.79 Å². The van der Waals surface area contributed by atoms with Crippen molar-refractivity contribution in [2.45, 2.75) is 75.9 Å². The van der Waals surface area contributed by atoms with Crippen LogP contribution in [0.5, 0.6) is 0 Å². The van der Waals surface area contributed by atoms with Gasteiger partial charge >= 0.3 is 0 Å². The number of carbonyl (C=O) groups is 1. The van der Waals surface area contributed by atoms with Crippen molar-refractivity contribution in [3.8, 4) is 0 Å². The maximum atomic E-state index is 12.4. The van der Waals surface area contributed by atoms with Gasteiger partial charge in [-0.2, -0.15) is 0 Å². The van der Waals surface area contributed by atoms with Crippen LogP contribution in [-0.4, -0.2) is 60.5 Å². The zero-order valence-electron chi connectivity index (χ0n) is 13.5. The minimum Gasteiger partial charge on any atom is -0.342 e. The first-order valence-corrected chi connectivity index (χ1v) is 8.97. The Balaban J connectivity index is 1.45. The number of nitrogens with zero attached hydrogens (tertiary/aromatic N) is 2. The average Bonchev–Trinajstić information content (AvgIpc) is 2.74. The van der Waals surface area contributed by atoms with Gasteiger partial charge in [0.15, 0.2) is 0 Å². The smallest absolute Gasteiger partial charge is 0.236 e. The molecule has 3 aliphatic rings. The minimum absolute atomic E-state index is 0.320. The van der Waals surface area contributed by atoms with Crippen molar-refractivity contribution in [3.63, 3.8) is 0 Å². The van der Waals surface area contributed by atoms with Crippen LogP contribution < -0.4 is 5.32 Å². The molecule has 4 nitrogen and oxygen atoms in total. The summed E-state index contributed by atoms with van der Waals surface area (Å²) in [4.78, 5) is 17.0. The van der Waals surface area contributed by atoms with Crippen molar-refractivity contribution in [1.29, 1.82) is 0 Å². The molecular weight excluding hydrogens is 262 g/mol. The lowest BCUT2D eigenvalue weighted by molar-refractivity contribution is -0.130. The van der Waals surface area contributed by atoms with Crippen molar-refractivity contribution in [3.05, 3.63) is 0 Å². The molecule has 0 aromatic heterocycles. The summed E-state index contributed by atoms with van der Waals surface area (Å²) in [5.41, 5.74) is 0. The molecule has 2 unspecified atom stereocenters. The first-order valence-electron chi connectivity index (χ1n) is 8.97. The van der Waals surface area contributed by atoms with Crippen molar-refractivity contribution in [2.24, 2.45) is 0 Å². The van der Waals surface area contributed by atoms with Crippen LogP contribution in [0.1, 0.15) is 57.8 Å². The van der Waals surface area contributed by atoms with Crippen molar-refractivity contribution in [1.82, 2.24) is 15.1 Å². The van der Waals surface area contributed by atoms with Gasteiger partial charge in [0, 0.05) is 31.2 Å². The zero-order chi connectivity index (χ0) is 14.7. The van der Waals surface area contributed by atoms with E-state index in [0.717, 1.165) is 25.2 Å². The molecule has 0 spiro atoms. The van der Waals surface area contributed by atoms with Crippen LogP contribution in [0, 0.1) is 0 Å². The molecule has 3 fully saturated rings. The van der Waals surface area contributed by atoms with Gasteiger partial charge in [0.2, 0.25) is 5.91 Å². The van der Waals surface area contributed by atoms with E-state index in [-0.39, 0.29) is 0 Å². The molecule has 3 saturated heterocycles. The Hall–Kier alpha value is -0.610. The van der Waals surface area contributed by atoms with E-state index in [2.05, 4.69) is 22.2 Å². The van der Waals surface area contributed by atoms with E-state index < -0.39 is 0 Å². The van der Waals surface area contributed by atoms with E-state index in [0.29, 0.717) is 18.5 Å². The number of hydrogen-bond donors (Lipinski definition) is 1. The summed E-state index contributed by atoms with van der Waals surface area (Å²) in [5, 5.41) is 3.57. The van der Waals surface area contributed by atoms with Crippen LogP contribution in [0.4, 0.5) is 0 Å². The lowest BCUT2D eigenvalue weighted by Crippen LogP contribution is -2.55. The lowest BCUT2D eigenvalue weighted by Gasteiger charge is -2.47. The number of hydrogen-bond acceptors (Lipinski definition) is 3. The van der Waals surface area contributed by atoms with E-state index in [1.165, 1.54) is 57.8 Å². The largest absolute Gasteiger partial charge is 0.342 e. The molecule has 2 atom stereocenters. The third kappa shape index (κ3) is 3.78. The molecule has 3 heterocycles. The van der Waals surface area contributed by atoms with Crippen LogP contribution in [0.3, 0.4) is 0 Å². The summed E-state index contributed by atoms with van der Waals surface area (Å²) in [6, 6.07) is 2.03. The second-order valence-corrected chi connectivity index (χ2v) is 7.25. The highest BCUT2D eigenvalue weighted by Gasteiger charge is 2.35. The Morgan fingerprint density at radius 2 is 1.62 bits per heavy atom. The Morgan fingerprint density at radius 1 is 1.00 bits per heavy atom. The van der Waals surface area contributed by atoms with E-state index >= 15 is 0 Å². The van der Waals surface area contributed by atoms with Crippen LogP contribution >= 0.6 is 0 Å². The number of fused-ring (bicyclic) bond motifs is 2. The summed E-state index contributed by atoms with van der Waals surface area (Å²) in [6.45, 7) is 2.49. The molecule has 3 aliphatic heterocycles. The van der Waals surface area contributed by atoms with Crippen LogP contribution in [0.15, 0.2) is 0 Å². The Kier molecular flexibility index (Phi) is 5.17. The van der Waals surface area contributed by atoms with Crippen molar-refractivity contribution < 1.29 is 4.79 Å². The number of rotatable bonds is 3. The SMILES string of the molecule is CN1C2CCCC1CC(NCC(=O)N1CCCCCC1)C2. The maximum Gasteiger partial charge on any atom is 0.236 e. The highest BCUT2D eigenvalue weighted by atomic mass is 16.2. The first-order chi connectivity index (χ1) is 10.2. The third-order valence-corrected chi connectivity index (χ3v) is 5.84. The van der Waals surface area contributed by atoms with Crippen molar-refractivity contribution in [2.75, 3.05) is 26.7 Å². The van der Waals surface area contributed by atoms with Gasteiger partial charge in [-0.25, -0.2) is 0 Å². The average molecular weight is 293 g/mol. The second-order valence-electron chi connectivity index (χ2n) is 7.25. The highest BCUT2D eigenvalue weighted by molar-refractivity contribution is 5.78. The second kappa shape index (κ2) is 7.10. The molecule has 1 N–H and O–H groups in total. The standard InChI is InChI=1S/C17H31N3O/c1-19-15-7-6-8-16(19)12-14(11-15)18-13-17(21)20-9-4-2-3-5-10-20/h14-16,18H,2-13H2,1H3. The number of nitrogens with one attached hydrogen (secondary N) is 1. The molecule has 0 aliphatic carbocycles. The summed E-state index contributed by atoms with van der Waals surface area (Å²) < 4.78 is 0. The quantitative estimate of drug-likeness (QED) is 0.864. The molecule has 3 rings (SSSR count). The summed E-state index contributed by atoms with van der Waals surface area (Å²) in [6.07, 6.45) is 11.5. The summed E-state index contributed by atoms with van der Waals surface area (Å²) in [5.74, 6) is 0.320. The molecule has 120 valence electrons. The fraction of sp³-hybridized carbons (Fsp3) is 0.941. The van der Waals surface area contributed by atoms with Crippen LogP contribution in [0.2, 0.25) is 0 Å². The molecular formula is C17H31N3O. The van der Waals surface area contributed by atoms with Crippen LogP contribution in [-0.2, 0) is 4.79 Å². The van der Waals surface area contributed by atoms with E-state index in [1.54, 1.807) is 0 Å². The topological polar surface area (TPSA) is 35.6 Å². The number of piperidine rings is 2. The third-order valence-electron chi connectivity index (χ3n) is 5.84. The van der Waals surface area contributed by atoms with Gasteiger partial charge < -0.3 is 15.1 Å². The normalized spacial score (nSPS) is 34.5. The molecule has 0 radical (unpaired) electrons. The molecule has 0 saturated carbocycles. The van der Waals surface area contributed by atoms with E-state index in [1.807, 2.05) is 0 Å². The fourth-order valence-electron chi connectivity index (χ4n) is 4.45. The van der Waals surface area contributed by atoms with E-state index in [9.17, 15) is 4.79 Å². The number of likely N-dealkylation sites (tertiary alicyclic amines) is 1. The Bertz CT molecular complexity index is 338. The Morgan fingerprint density at radius 3 is 2.24 bits per heavy atom. The molecule has 0 aromatic carbocycles. The van der Waals surface area contributed by atoms with E-state index in [4.69, 9.17) is 0 Å². The lowest BCUT2D eigenvalue weighted by atomic mass is 9.82. The Labute approximate surface area is 129 Å². The molecule has 0 aromatic rings. The summed E-state index contributed by atoms with van der Waals surface area (Å²) in [7, 11) is 2.28. The maximum absolute atomic E-state index is 12.4. The van der Waals surface area contributed by atoms with Crippen LogP contribution in [0.25, 0.3) is 0 Å². The minimum atomic E-state index is 0.320. The number of carbonyl (C=O) groups excluding carboxylic acids is 1. The zero-order valence-corrected chi connectivity index (χ0v) is 13.5. The van der Waals surface area contributed by atoms with Gasteiger partial charge in [-0.05, 0) is 45.6 Å². The van der Waals surface area contributed by atoms with Gasteiger partial charge in [-0.15, -0.1) is 0 Å². The molecule has 21 heavy (non-hydrogen) atoms. The monoisotopic (exact) mass is 293 g/mol. The highest BCUT2D eigenvalue weighted by Crippen LogP contribution is 2.32. The predicted octanol–water partition coefficient (Wildman–Crippen LogP) is 1.99. The van der Waals surface area contributed by atoms with Gasteiger partial charge in [0.25, 0.3) is 0 Å². The van der Waals surface area contributed by atoms with Gasteiger partial charge in [-0.1, -0.05) is 19.3 Å². The first kappa shape index (κ1) is 15.3.